The van der Waals surface area contributed by atoms with E-state index in [0.29, 0.717) is 5.69 Å². The summed E-state index contributed by atoms with van der Waals surface area (Å²) in [4.78, 5) is 13.7. The van der Waals surface area contributed by atoms with Gasteiger partial charge in [-0.15, -0.1) is 0 Å². The molecule has 0 bridgehead atoms. The Hall–Kier alpha value is -3.37. The Kier molecular flexibility index (Phi) is 6.39. The number of sulfonamides is 1. The molecule has 1 N–H and O–H groups in total. The lowest BCUT2D eigenvalue weighted by Gasteiger charge is -2.35. The first-order valence-electron chi connectivity index (χ1n) is 10.1. The number of halogens is 3. The number of hydrogen-bond donors (Lipinski definition) is 1. The van der Waals surface area contributed by atoms with Crippen LogP contribution in [0.15, 0.2) is 71.6 Å². The van der Waals surface area contributed by atoms with Crippen molar-refractivity contribution in [1.29, 1.82) is 0 Å². The average molecular weight is 475 g/mol. The molecule has 33 heavy (non-hydrogen) atoms. The van der Waals surface area contributed by atoms with E-state index in [1.807, 2.05) is 0 Å². The van der Waals surface area contributed by atoms with Crippen molar-refractivity contribution < 1.29 is 26.4 Å². The zero-order valence-electron chi connectivity index (χ0n) is 17.3. The number of rotatable bonds is 5. The van der Waals surface area contributed by atoms with E-state index in [1.54, 1.807) is 23.1 Å². The van der Waals surface area contributed by atoms with Crippen molar-refractivity contribution >= 4 is 27.3 Å². The van der Waals surface area contributed by atoms with E-state index in [-0.39, 0.29) is 48.1 Å². The van der Waals surface area contributed by atoms with Crippen LogP contribution >= 0.6 is 0 Å². The monoisotopic (exact) mass is 475 g/mol. The van der Waals surface area contributed by atoms with Gasteiger partial charge in [0.05, 0.1) is 16.3 Å². The highest BCUT2D eigenvalue weighted by Gasteiger charge is 2.30. The second-order valence-electron chi connectivity index (χ2n) is 7.45. The normalized spacial score (nSPS) is 14.8. The minimum Gasteiger partial charge on any atom is -0.367 e. The lowest BCUT2D eigenvalue weighted by atomic mass is 10.2. The van der Waals surface area contributed by atoms with Gasteiger partial charge in [-0.1, -0.05) is 12.1 Å². The van der Waals surface area contributed by atoms with Gasteiger partial charge in [0.15, 0.2) is 0 Å². The molecule has 0 radical (unpaired) electrons. The van der Waals surface area contributed by atoms with Crippen molar-refractivity contribution in [1.82, 2.24) is 4.31 Å². The molecule has 1 aliphatic rings. The molecule has 0 saturated carbocycles. The number of benzene rings is 3. The summed E-state index contributed by atoms with van der Waals surface area (Å²) in [5, 5.41) is 2.35. The van der Waals surface area contributed by atoms with Gasteiger partial charge in [0.1, 0.15) is 17.5 Å². The van der Waals surface area contributed by atoms with Crippen LogP contribution in [0, 0.1) is 17.5 Å². The third-order valence-electron chi connectivity index (χ3n) is 5.36. The molecule has 0 spiro atoms. The largest absolute Gasteiger partial charge is 0.367 e. The van der Waals surface area contributed by atoms with E-state index >= 15 is 0 Å². The summed E-state index contributed by atoms with van der Waals surface area (Å²) in [5.74, 6) is -2.47. The Bertz CT molecular complexity index is 1280. The molecular formula is C23H20F3N3O3S. The van der Waals surface area contributed by atoms with Crippen LogP contribution in [0.1, 0.15) is 10.4 Å². The van der Waals surface area contributed by atoms with Gasteiger partial charge >= 0.3 is 0 Å². The molecule has 0 unspecified atom stereocenters. The van der Waals surface area contributed by atoms with Gasteiger partial charge < -0.3 is 10.2 Å². The number of piperazine rings is 1. The molecule has 0 aliphatic carbocycles. The number of hydrogen-bond acceptors (Lipinski definition) is 4. The summed E-state index contributed by atoms with van der Waals surface area (Å²) in [6, 6.07) is 14.2. The van der Waals surface area contributed by atoms with Crippen molar-refractivity contribution in [3.8, 4) is 0 Å². The van der Waals surface area contributed by atoms with E-state index < -0.39 is 27.6 Å². The summed E-state index contributed by atoms with van der Waals surface area (Å²) in [6.07, 6.45) is 0. The van der Waals surface area contributed by atoms with Gasteiger partial charge in [0.2, 0.25) is 10.0 Å². The van der Waals surface area contributed by atoms with Crippen molar-refractivity contribution in [2.75, 3.05) is 36.4 Å². The van der Waals surface area contributed by atoms with Crippen LogP contribution in [0.4, 0.5) is 24.5 Å². The van der Waals surface area contributed by atoms with Crippen LogP contribution in [0.3, 0.4) is 0 Å². The quantitative estimate of drug-likeness (QED) is 0.609. The lowest BCUT2D eigenvalue weighted by Crippen LogP contribution is -2.48. The van der Waals surface area contributed by atoms with Gasteiger partial charge in [0, 0.05) is 31.7 Å². The Morgan fingerprint density at radius 3 is 2.12 bits per heavy atom. The van der Waals surface area contributed by atoms with Gasteiger partial charge in [0.25, 0.3) is 5.91 Å². The number of carbonyl (C=O) groups excluding carboxylic acids is 1. The van der Waals surface area contributed by atoms with Crippen molar-refractivity contribution in [3.63, 3.8) is 0 Å². The molecule has 1 saturated heterocycles. The molecule has 1 amide bonds. The molecule has 1 fully saturated rings. The first kappa shape index (κ1) is 22.8. The van der Waals surface area contributed by atoms with Crippen molar-refractivity contribution in [2.24, 2.45) is 0 Å². The molecule has 10 heteroatoms. The maximum atomic E-state index is 14.6. The molecule has 4 rings (SSSR count). The first-order chi connectivity index (χ1) is 15.8. The smallest absolute Gasteiger partial charge is 0.255 e. The maximum absolute atomic E-state index is 14.6. The molecule has 6 nitrogen and oxygen atoms in total. The highest BCUT2D eigenvalue weighted by molar-refractivity contribution is 7.89. The predicted octanol–water partition coefficient (Wildman–Crippen LogP) is 3.87. The minimum absolute atomic E-state index is 0.112. The third kappa shape index (κ3) is 4.86. The Labute approximate surface area is 189 Å². The molecule has 0 atom stereocenters. The first-order valence-corrected chi connectivity index (χ1v) is 11.6. The summed E-state index contributed by atoms with van der Waals surface area (Å²) < 4.78 is 68.8. The fourth-order valence-electron chi connectivity index (χ4n) is 3.58. The highest BCUT2D eigenvalue weighted by Crippen LogP contribution is 2.25. The Morgan fingerprint density at radius 1 is 0.818 bits per heavy atom. The third-order valence-corrected chi connectivity index (χ3v) is 7.26. The standard InChI is InChI=1S/C23H20F3N3O3S/c24-17-7-5-16(6-8-17)23(30)27-21-10-9-18(15-20(21)26)33(31,32)29-13-11-28(12-14-29)22-4-2-1-3-19(22)25/h1-10,15H,11-14H2,(H,27,30). The number of nitrogens with one attached hydrogen (secondary N) is 1. The van der Waals surface area contributed by atoms with E-state index in [0.717, 1.165) is 18.2 Å². The molecule has 3 aromatic carbocycles. The fourth-order valence-corrected chi connectivity index (χ4v) is 5.01. The van der Waals surface area contributed by atoms with Gasteiger partial charge in [-0.3, -0.25) is 4.79 Å². The van der Waals surface area contributed by atoms with E-state index in [1.165, 1.54) is 34.6 Å². The molecule has 172 valence electrons. The Morgan fingerprint density at radius 2 is 1.48 bits per heavy atom. The number of carbonyl (C=O) groups is 1. The van der Waals surface area contributed by atoms with Crippen LogP contribution in [-0.2, 0) is 10.0 Å². The minimum atomic E-state index is -3.98. The second kappa shape index (κ2) is 9.24. The zero-order chi connectivity index (χ0) is 23.6. The van der Waals surface area contributed by atoms with Crippen molar-refractivity contribution in [2.45, 2.75) is 4.90 Å². The number of anilines is 2. The van der Waals surface area contributed by atoms with Crippen LogP contribution in [-0.4, -0.2) is 44.8 Å². The SMILES string of the molecule is O=C(Nc1ccc(S(=O)(=O)N2CCN(c3ccccc3F)CC2)cc1F)c1ccc(F)cc1. The van der Waals surface area contributed by atoms with Crippen LogP contribution < -0.4 is 10.2 Å². The summed E-state index contributed by atoms with van der Waals surface area (Å²) in [5.41, 5.74) is 0.328. The number of para-hydroxylation sites is 1. The number of amides is 1. The molecule has 1 aliphatic heterocycles. The highest BCUT2D eigenvalue weighted by atomic mass is 32.2. The van der Waals surface area contributed by atoms with Crippen LogP contribution in [0.2, 0.25) is 0 Å². The van der Waals surface area contributed by atoms with Gasteiger partial charge in [-0.25, -0.2) is 21.6 Å². The van der Waals surface area contributed by atoms with E-state index in [9.17, 15) is 26.4 Å². The molecular weight excluding hydrogens is 455 g/mol. The van der Waals surface area contributed by atoms with Crippen LogP contribution in [0.5, 0.6) is 0 Å². The topological polar surface area (TPSA) is 69.7 Å². The molecule has 3 aromatic rings. The summed E-state index contributed by atoms with van der Waals surface area (Å²) >= 11 is 0. The Balaban J connectivity index is 1.45. The molecule has 1 heterocycles. The summed E-state index contributed by atoms with van der Waals surface area (Å²) in [6.45, 7) is 0.797. The second-order valence-corrected chi connectivity index (χ2v) is 9.38. The maximum Gasteiger partial charge on any atom is 0.255 e. The van der Waals surface area contributed by atoms with Gasteiger partial charge in [-0.2, -0.15) is 4.31 Å². The van der Waals surface area contributed by atoms with E-state index in [2.05, 4.69) is 5.32 Å². The molecule has 0 aromatic heterocycles. The fraction of sp³-hybridized carbons (Fsp3) is 0.174. The van der Waals surface area contributed by atoms with Crippen LogP contribution in [0.25, 0.3) is 0 Å². The average Bonchev–Trinajstić information content (AvgIpc) is 2.81. The lowest BCUT2D eigenvalue weighted by molar-refractivity contribution is 0.102. The van der Waals surface area contributed by atoms with E-state index in [4.69, 9.17) is 0 Å². The predicted molar refractivity (Wildman–Crippen MR) is 118 cm³/mol. The van der Waals surface area contributed by atoms with Gasteiger partial charge in [-0.05, 0) is 54.6 Å². The number of nitrogens with zero attached hydrogens (tertiary/aromatic N) is 2. The zero-order valence-corrected chi connectivity index (χ0v) is 18.2. The summed E-state index contributed by atoms with van der Waals surface area (Å²) in [7, 11) is -3.98. The van der Waals surface area contributed by atoms with Crippen molar-refractivity contribution in [3.05, 3.63) is 89.7 Å².